The molecule has 116 valence electrons. The van der Waals surface area contributed by atoms with Crippen LogP contribution in [0.2, 0.25) is 0 Å². The van der Waals surface area contributed by atoms with E-state index in [-0.39, 0.29) is 17.2 Å². The van der Waals surface area contributed by atoms with E-state index in [0.717, 1.165) is 21.1 Å². The minimum absolute atomic E-state index is 0.168. The van der Waals surface area contributed by atoms with Gasteiger partial charge in [-0.2, -0.15) is 5.10 Å². The van der Waals surface area contributed by atoms with Crippen LogP contribution in [0.3, 0.4) is 0 Å². The largest absolute Gasteiger partial charge is 0.344 e. The molecule has 0 aliphatic heterocycles. The maximum absolute atomic E-state index is 12.0. The zero-order valence-electron chi connectivity index (χ0n) is 12.4. The minimum Gasteiger partial charge on any atom is -0.344 e. The Labute approximate surface area is 136 Å². The van der Waals surface area contributed by atoms with E-state index >= 15 is 0 Å². The van der Waals surface area contributed by atoms with Gasteiger partial charge >= 0.3 is 0 Å². The Morgan fingerprint density at radius 2 is 2.00 bits per heavy atom. The first kappa shape index (κ1) is 15.1. The number of carbonyl (C=O) groups is 1. The third kappa shape index (κ3) is 3.51. The molecule has 2 heterocycles. The van der Waals surface area contributed by atoms with Crippen molar-refractivity contribution < 1.29 is 4.79 Å². The number of H-pyrrole nitrogens is 1. The maximum atomic E-state index is 12.0. The first-order valence-corrected chi connectivity index (χ1v) is 7.81. The normalized spacial score (nSPS) is 10.5. The minimum atomic E-state index is -0.352. The van der Waals surface area contributed by atoms with Crippen LogP contribution in [-0.2, 0) is 6.54 Å². The molecule has 6 nitrogen and oxygen atoms in total. The first-order chi connectivity index (χ1) is 11.1. The second-order valence-electron chi connectivity index (χ2n) is 4.87. The Morgan fingerprint density at radius 3 is 2.70 bits per heavy atom. The highest BCUT2D eigenvalue weighted by Gasteiger charge is 2.12. The van der Waals surface area contributed by atoms with E-state index < -0.39 is 0 Å². The molecule has 2 N–H and O–H groups in total. The summed E-state index contributed by atoms with van der Waals surface area (Å²) in [7, 11) is 0. The van der Waals surface area contributed by atoms with Gasteiger partial charge in [-0.3, -0.25) is 9.59 Å². The van der Waals surface area contributed by atoms with E-state index in [2.05, 4.69) is 20.5 Å². The van der Waals surface area contributed by atoms with E-state index in [4.69, 9.17) is 0 Å². The van der Waals surface area contributed by atoms with Crippen LogP contribution in [0.4, 0.5) is 0 Å². The first-order valence-electron chi connectivity index (χ1n) is 6.99. The lowest BCUT2D eigenvalue weighted by Gasteiger charge is -2.01. The third-order valence-corrected chi connectivity index (χ3v) is 4.17. The molecule has 0 spiro atoms. The van der Waals surface area contributed by atoms with Crippen molar-refractivity contribution in [2.75, 3.05) is 0 Å². The Hall–Kier alpha value is -2.80. The quantitative estimate of drug-likeness (QED) is 0.769. The lowest BCUT2D eigenvalue weighted by atomic mass is 10.1. The van der Waals surface area contributed by atoms with Gasteiger partial charge in [-0.25, -0.2) is 10.1 Å². The summed E-state index contributed by atoms with van der Waals surface area (Å²) in [5.41, 5.74) is 1.81. The van der Waals surface area contributed by atoms with Gasteiger partial charge in [0.1, 0.15) is 10.7 Å². The van der Waals surface area contributed by atoms with Gasteiger partial charge in [-0.15, -0.1) is 11.3 Å². The second-order valence-corrected chi connectivity index (χ2v) is 6.16. The van der Waals surface area contributed by atoms with Crippen molar-refractivity contribution in [1.29, 1.82) is 0 Å². The van der Waals surface area contributed by atoms with Crippen LogP contribution in [0.5, 0.6) is 0 Å². The van der Waals surface area contributed by atoms with Crippen LogP contribution in [0.1, 0.15) is 20.4 Å². The number of hydrogen-bond donors (Lipinski definition) is 2. The number of aromatic nitrogens is 3. The molecule has 2 aromatic heterocycles. The number of nitrogens with one attached hydrogen (secondary N) is 2. The van der Waals surface area contributed by atoms with E-state index in [1.54, 1.807) is 11.3 Å². The van der Waals surface area contributed by atoms with Crippen molar-refractivity contribution in [3.05, 3.63) is 68.4 Å². The number of rotatable bonds is 4. The van der Waals surface area contributed by atoms with Crippen LogP contribution < -0.4 is 10.9 Å². The monoisotopic (exact) mass is 326 g/mol. The number of aromatic amines is 1. The molecule has 0 radical (unpaired) electrons. The van der Waals surface area contributed by atoms with E-state index in [1.807, 2.05) is 37.3 Å². The van der Waals surface area contributed by atoms with Gasteiger partial charge in [0.05, 0.1) is 12.2 Å². The van der Waals surface area contributed by atoms with Gasteiger partial charge in [0, 0.05) is 16.5 Å². The Morgan fingerprint density at radius 1 is 1.22 bits per heavy atom. The van der Waals surface area contributed by atoms with Gasteiger partial charge in [-0.1, -0.05) is 30.3 Å². The number of benzene rings is 1. The average Bonchev–Trinajstić information content (AvgIpc) is 2.95. The number of carbonyl (C=O) groups excluding carboxylic acids is 1. The van der Waals surface area contributed by atoms with Crippen molar-refractivity contribution in [1.82, 2.24) is 20.5 Å². The van der Waals surface area contributed by atoms with Gasteiger partial charge in [-0.05, 0) is 13.0 Å². The number of amides is 1. The second kappa shape index (κ2) is 6.53. The molecule has 0 aliphatic rings. The fourth-order valence-electron chi connectivity index (χ4n) is 2.11. The number of nitrogens with zero attached hydrogens (tertiary/aromatic N) is 2. The predicted octanol–water partition coefficient (Wildman–Crippen LogP) is 2.13. The molecular formula is C16H14N4O2S. The lowest BCUT2D eigenvalue weighted by Crippen LogP contribution is -2.25. The summed E-state index contributed by atoms with van der Waals surface area (Å²) in [6, 6.07) is 12.6. The predicted molar refractivity (Wildman–Crippen MR) is 88.3 cm³/mol. The van der Waals surface area contributed by atoms with Gasteiger partial charge in [0.15, 0.2) is 0 Å². The van der Waals surface area contributed by atoms with Gasteiger partial charge < -0.3 is 5.32 Å². The van der Waals surface area contributed by atoms with Crippen molar-refractivity contribution in [2.45, 2.75) is 13.5 Å². The molecule has 0 saturated carbocycles. The summed E-state index contributed by atoms with van der Waals surface area (Å²) in [4.78, 5) is 28.6. The van der Waals surface area contributed by atoms with Crippen LogP contribution in [-0.4, -0.2) is 21.1 Å². The van der Waals surface area contributed by atoms with Crippen molar-refractivity contribution in [3.8, 4) is 11.3 Å². The molecule has 1 amide bonds. The molecule has 23 heavy (non-hydrogen) atoms. The summed E-state index contributed by atoms with van der Waals surface area (Å²) in [6.45, 7) is 2.33. The molecule has 0 saturated heterocycles. The Bertz CT molecular complexity index is 866. The van der Waals surface area contributed by atoms with E-state index in [1.165, 1.54) is 12.1 Å². The molecule has 0 unspecified atom stereocenters. The van der Waals surface area contributed by atoms with Crippen LogP contribution in [0, 0.1) is 6.92 Å². The lowest BCUT2D eigenvalue weighted by molar-refractivity contribution is 0.0944. The average molecular weight is 326 g/mol. The fourth-order valence-corrected chi connectivity index (χ4v) is 3.00. The number of hydrogen-bond acceptors (Lipinski definition) is 5. The SMILES string of the molecule is Cc1sc(CNC(=O)c2ccc(=O)[nH]n2)nc1-c1ccccc1. The zero-order valence-corrected chi connectivity index (χ0v) is 13.2. The molecular weight excluding hydrogens is 312 g/mol. The Kier molecular flexibility index (Phi) is 4.29. The van der Waals surface area contributed by atoms with E-state index in [0.29, 0.717) is 6.54 Å². The summed E-state index contributed by atoms with van der Waals surface area (Å²) >= 11 is 1.54. The molecule has 3 aromatic rings. The maximum Gasteiger partial charge on any atom is 0.272 e. The smallest absolute Gasteiger partial charge is 0.272 e. The van der Waals surface area contributed by atoms with Crippen LogP contribution in [0.15, 0.2) is 47.3 Å². The highest BCUT2D eigenvalue weighted by atomic mass is 32.1. The molecule has 0 fully saturated rings. The molecule has 0 atom stereocenters. The van der Waals surface area contributed by atoms with Crippen LogP contribution in [0.25, 0.3) is 11.3 Å². The van der Waals surface area contributed by atoms with Crippen molar-refractivity contribution >= 4 is 17.2 Å². The standard InChI is InChI=1S/C16H14N4O2S/c1-10-15(11-5-3-2-4-6-11)18-14(23-10)9-17-16(22)12-7-8-13(21)20-19-12/h2-8H,9H2,1H3,(H,17,22)(H,20,21). The molecule has 0 aliphatic carbocycles. The molecule has 3 rings (SSSR count). The van der Waals surface area contributed by atoms with Crippen LogP contribution >= 0.6 is 11.3 Å². The third-order valence-electron chi connectivity index (χ3n) is 3.20. The van der Waals surface area contributed by atoms with Gasteiger partial charge in [0.2, 0.25) is 0 Å². The topological polar surface area (TPSA) is 87.7 Å². The van der Waals surface area contributed by atoms with Gasteiger partial charge in [0.25, 0.3) is 11.5 Å². The summed E-state index contributed by atoms with van der Waals surface area (Å²) in [5.74, 6) is -0.352. The highest BCUT2D eigenvalue weighted by molar-refractivity contribution is 7.12. The molecule has 1 aromatic carbocycles. The van der Waals surface area contributed by atoms with Crippen molar-refractivity contribution in [3.63, 3.8) is 0 Å². The summed E-state index contributed by atoms with van der Waals surface area (Å²) in [6.07, 6.45) is 0. The Balaban J connectivity index is 1.71. The number of aryl methyl sites for hydroxylation is 1. The summed E-state index contributed by atoms with van der Waals surface area (Å²) in [5, 5.41) is 9.50. The zero-order chi connectivity index (χ0) is 16.2. The molecule has 7 heteroatoms. The van der Waals surface area contributed by atoms with E-state index in [9.17, 15) is 9.59 Å². The van der Waals surface area contributed by atoms with Crippen molar-refractivity contribution in [2.24, 2.45) is 0 Å². The highest BCUT2D eigenvalue weighted by Crippen LogP contribution is 2.27. The number of thiazole rings is 1. The summed E-state index contributed by atoms with van der Waals surface area (Å²) < 4.78 is 0. The fraction of sp³-hybridized carbons (Fsp3) is 0.125. The molecule has 0 bridgehead atoms.